The second-order valence-electron chi connectivity index (χ2n) is 2.94. The largest absolute Gasteiger partial charge is 0.492 e. The van der Waals surface area contributed by atoms with Gasteiger partial charge in [0.2, 0.25) is 0 Å². The topological polar surface area (TPSA) is 72.5 Å². The molecule has 0 saturated carbocycles. The Morgan fingerprint density at radius 1 is 1.53 bits per heavy atom. The van der Waals surface area contributed by atoms with Crippen LogP contribution in [-0.2, 0) is 0 Å². The van der Waals surface area contributed by atoms with Gasteiger partial charge in [-0.2, -0.15) is 0 Å². The van der Waals surface area contributed by atoms with E-state index in [4.69, 9.17) is 15.6 Å². The van der Waals surface area contributed by atoms with Gasteiger partial charge >= 0.3 is 5.97 Å². The van der Waals surface area contributed by atoms with Crippen molar-refractivity contribution in [3.8, 4) is 5.75 Å². The van der Waals surface area contributed by atoms with Gasteiger partial charge < -0.3 is 15.6 Å². The average Bonchev–Trinajstić information content (AvgIpc) is 2.20. The molecular formula is C10H12INO3. The van der Waals surface area contributed by atoms with E-state index in [1.165, 1.54) is 6.07 Å². The van der Waals surface area contributed by atoms with Crippen LogP contribution in [0.2, 0.25) is 0 Å². The number of rotatable bonds is 5. The summed E-state index contributed by atoms with van der Waals surface area (Å²) in [6, 6.07) is 4.81. The van der Waals surface area contributed by atoms with E-state index in [1.807, 2.05) is 0 Å². The fourth-order valence-corrected chi connectivity index (χ4v) is 1.50. The maximum absolute atomic E-state index is 10.7. The van der Waals surface area contributed by atoms with Gasteiger partial charge in [-0.25, -0.2) is 4.79 Å². The number of hydrogen-bond acceptors (Lipinski definition) is 3. The van der Waals surface area contributed by atoms with Gasteiger partial charge in [0.25, 0.3) is 0 Å². The summed E-state index contributed by atoms with van der Waals surface area (Å²) in [6.45, 7) is 1.07. The fraction of sp³-hybridized carbons (Fsp3) is 0.300. The summed E-state index contributed by atoms with van der Waals surface area (Å²) < 4.78 is 6.31. The van der Waals surface area contributed by atoms with E-state index < -0.39 is 5.97 Å². The molecule has 0 aliphatic carbocycles. The van der Waals surface area contributed by atoms with Crippen molar-refractivity contribution in [3.63, 3.8) is 0 Å². The van der Waals surface area contributed by atoms with Gasteiger partial charge in [-0.05, 0) is 53.8 Å². The lowest BCUT2D eigenvalue weighted by Gasteiger charge is -2.08. The van der Waals surface area contributed by atoms with Crippen molar-refractivity contribution in [1.82, 2.24) is 0 Å². The molecule has 1 aromatic rings. The summed E-state index contributed by atoms with van der Waals surface area (Å²) in [5.41, 5.74) is 5.57. The first-order valence-corrected chi connectivity index (χ1v) is 5.58. The van der Waals surface area contributed by atoms with Crippen LogP contribution in [0.1, 0.15) is 16.8 Å². The zero-order valence-corrected chi connectivity index (χ0v) is 10.2. The minimum Gasteiger partial charge on any atom is -0.492 e. The van der Waals surface area contributed by atoms with Crippen LogP contribution in [0.3, 0.4) is 0 Å². The predicted molar refractivity (Wildman–Crippen MR) is 65.3 cm³/mol. The van der Waals surface area contributed by atoms with Crippen LogP contribution in [0.4, 0.5) is 0 Å². The minimum atomic E-state index is -0.949. The molecule has 3 N–H and O–H groups in total. The van der Waals surface area contributed by atoms with Crippen molar-refractivity contribution in [2.75, 3.05) is 13.2 Å². The minimum absolute atomic E-state index is 0.234. The number of aromatic carboxylic acids is 1. The average molecular weight is 321 g/mol. The second-order valence-corrected chi connectivity index (χ2v) is 4.10. The molecule has 0 fully saturated rings. The van der Waals surface area contributed by atoms with Crippen LogP contribution >= 0.6 is 22.6 Å². The molecule has 0 atom stereocenters. The highest BCUT2D eigenvalue weighted by Gasteiger charge is 2.07. The third kappa shape index (κ3) is 3.67. The van der Waals surface area contributed by atoms with Crippen LogP contribution in [0, 0.1) is 3.57 Å². The standard InChI is InChI=1S/C10H12INO3/c11-8-3-2-7(10(13)14)6-9(8)15-5-1-4-12/h2-3,6H,1,4-5,12H2,(H,13,14). The number of halogens is 1. The van der Waals surface area contributed by atoms with E-state index >= 15 is 0 Å². The number of benzene rings is 1. The number of ether oxygens (including phenoxy) is 1. The van der Waals surface area contributed by atoms with Crippen LogP contribution in [-0.4, -0.2) is 24.2 Å². The van der Waals surface area contributed by atoms with Crippen molar-refractivity contribution in [2.24, 2.45) is 5.73 Å². The molecular weight excluding hydrogens is 309 g/mol. The molecule has 0 radical (unpaired) electrons. The molecule has 1 aromatic carbocycles. The van der Waals surface area contributed by atoms with E-state index in [1.54, 1.807) is 12.1 Å². The Morgan fingerprint density at radius 2 is 2.27 bits per heavy atom. The fourth-order valence-electron chi connectivity index (χ4n) is 1.01. The lowest BCUT2D eigenvalue weighted by atomic mass is 10.2. The van der Waals surface area contributed by atoms with Crippen molar-refractivity contribution < 1.29 is 14.6 Å². The first-order valence-electron chi connectivity index (χ1n) is 4.51. The lowest BCUT2D eigenvalue weighted by molar-refractivity contribution is 0.0696. The number of nitrogens with two attached hydrogens (primary N) is 1. The Morgan fingerprint density at radius 3 is 2.87 bits per heavy atom. The zero-order chi connectivity index (χ0) is 11.3. The molecule has 4 nitrogen and oxygen atoms in total. The third-order valence-corrected chi connectivity index (χ3v) is 2.68. The lowest BCUT2D eigenvalue weighted by Crippen LogP contribution is -2.07. The SMILES string of the molecule is NCCCOc1cc(C(=O)O)ccc1I. The van der Waals surface area contributed by atoms with Crippen molar-refractivity contribution in [1.29, 1.82) is 0 Å². The molecule has 0 spiro atoms. The summed E-state index contributed by atoms with van der Waals surface area (Å²) in [6.07, 6.45) is 0.757. The van der Waals surface area contributed by atoms with Gasteiger partial charge in [0, 0.05) is 0 Å². The van der Waals surface area contributed by atoms with Crippen molar-refractivity contribution in [3.05, 3.63) is 27.3 Å². The van der Waals surface area contributed by atoms with Gasteiger partial charge in [0.1, 0.15) is 5.75 Å². The number of hydrogen-bond donors (Lipinski definition) is 2. The Kier molecular flexibility index (Phi) is 4.83. The van der Waals surface area contributed by atoms with Gasteiger partial charge in [-0.1, -0.05) is 0 Å². The van der Waals surface area contributed by atoms with Crippen LogP contribution in [0.25, 0.3) is 0 Å². The van der Waals surface area contributed by atoms with Crippen molar-refractivity contribution >= 4 is 28.6 Å². The maximum atomic E-state index is 10.7. The van der Waals surface area contributed by atoms with E-state index in [0.29, 0.717) is 18.9 Å². The van der Waals surface area contributed by atoms with Crippen molar-refractivity contribution in [2.45, 2.75) is 6.42 Å². The van der Waals surface area contributed by atoms with Crippen LogP contribution < -0.4 is 10.5 Å². The summed E-state index contributed by atoms with van der Waals surface area (Å²) in [5.74, 6) is -0.348. The Labute approximate surface area is 102 Å². The molecule has 0 aliphatic heterocycles. The molecule has 0 aliphatic rings. The zero-order valence-electron chi connectivity index (χ0n) is 8.07. The van der Waals surface area contributed by atoms with E-state index in [-0.39, 0.29) is 5.56 Å². The van der Waals surface area contributed by atoms with E-state index in [2.05, 4.69) is 22.6 Å². The predicted octanol–water partition coefficient (Wildman–Crippen LogP) is 1.72. The summed E-state index contributed by atoms with van der Waals surface area (Å²) in [5, 5.41) is 8.79. The molecule has 82 valence electrons. The molecule has 0 heterocycles. The molecule has 0 aromatic heterocycles. The molecule has 15 heavy (non-hydrogen) atoms. The van der Waals surface area contributed by atoms with E-state index in [9.17, 15) is 4.79 Å². The number of carboxylic acid groups (broad SMARTS) is 1. The normalized spacial score (nSPS) is 10.0. The van der Waals surface area contributed by atoms with Crippen LogP contribution in [0.5, 0.6) is 5.75 Å². The second kappa shape index (κ2) is 5.92. The number of carbonyl (C=O) groups is 1. The molecule has 0 amide bonds. The highest BCUT2D eigenvalue weighted by atomic mass is 127. The quantitative estimate of drug-likeness (QED) is 0.640. The number of carboxylic acids is 1. The summed E-state index contributed by atoms with van der Waals surface area (Å²) >= 11 is 2.10. The maximum Gasteiger partial charge on any atom is 0.335 e. The molecule has 0 unspecified atom stereocenters. The first-order chi connectivity index (χ1) is 7.15. The molecule has 0 bridgehead atoms. The van der Waals surface area contributed by atoms with Gasteiger partial charge in [-0.15, -0.1) is 0 Å². The Balaban J connectivity index is 2.76. The molecule has 0 saturated heterocycles. The Hall–Kier alpha value is -0.820. The third-order valence-electron chi connectivity index (χ3n) is 1.78. The first kappa shape index (κ1) is 12.3. The van der Waals surface area contributed by atoms with Gasteiger partial charge in [-0.3, -0.25) is 0 Å². The van der Waals surface area contributed by atoms with Crippen LogP contribution in [0.15, 0.2) is 18.2 Å². The smallest absolute Gasteiger partial charge is 0.335 e. The summed E-state index contributed by atoms with van der Waals surface area (Å²) in [7, 11) is 0. The van der Waals surface area contributed by atoms with Gasteiger partial charge in [0.15, 0.2) is 0 Å². The monoisotopic (exact) mass is 321 g/mol. The molecule has 1 rings (SSSR count). The van der Waals surface area contributed by atoms with E-state index in [0.717, 1.165) is 9.99 Å². The van der Waals surface area contributed by atoms with Gasteiger partial charge in [0.05, 0.1) is 15.7 Å². The summed E-state index contributed by atoms with van der Waals surface area (Å²) in [4.78, 5) is 10.7. The molecule has 5 heteroatoms. The highest BCUT2D eigenvalue weighted by Crippen LogP contribution is 2.22. The Bertz CT molecular complexity index is 355. The highest BCUT2D eigenvalue weighted by molar-refractivity contribution is 14.1.